The number of carboxylic acid groups (broad SMARTS) is 1. The van der Waals surface area contributed by atoms with Gasteiger partial charge in [-0.1, -0.05) is 0 Å². The molecule has 0 aromatic rings. The summed E-state index contributed by atoms with van der Waals surface area (Å²) in [6.45, 7) is 4.13. The molecule has 0 aliphatic carbocycles. The van der Waals surface area contributed by atoms with Crippen molar-refractivity contribution in [3.63, 3.8) is 0 Å². The van der Waals surface area contributed by atoms with Crippen molar-refractivity contribution in [2.24, 2.45) is 0 Å². The number of unbranched alkanes of at least 4 members (excludes halogenated alkanes) is 1. The maximum absolute atomic E-state index is 10.3. The average molecular weight is 216 g/mol. The topological polar surface area (TPSA) is 52.6 Å². The molecule has 0 bridgehead atoms. The molecule has 0 radical (unpaired) electrons. The SMILES string of the molecule is CC(CCC(=O)O)NCCCCN(C)C. The van der Waals surface area contributed by atoms with E-state index < -0.39 is 5.97 Å². The van der Waals surface area contributed by atoms with Crippen LogP contribution in [0.3, 0.4) is 0 Å². The molecule has 90 valence electrons. The zero-order valence-corrected chi connectivity index (χ0v) is 10.1. The lowest BCUT2D eigenvalue weighted by atomic mass is 10.2. The summed E-state index contributed by atoms with van der Waals surface area (Å²) < 4.78 is 0. The van der Waals surface area contributed by atoms with E-state index >= 15 is 0 Å². The van der Waals surface area contributed by atoms with Gasteiger partial charge in [0, 0.05) is 12.5 Å². The third-order valence-corrected chi connectivity index (χ3v) is 2.32. The second-order valence-electron chi connectivity index (χ2n) is 4.30. The van der Waals surface area contributed by atoms with Crippen LogP contribution < -0.4 is 5.32 Å². The Labute approximate surface area is 92.7 Å². The molecule has 0 aromatic heterocycles. The molecule has 4 heteroatoms. The van der Waals surface area contributed by atoms with Gasteiger partial charge in [-0.3, -0.25) is 4.79 Å². The Kier molecular flexibility index (Phi) is 8.33. The van der Waals surface area contributed by atoms with Gasteiger partial charge in [-0.15, -0.1) is 0 Å². The van der Waals surface area contributed by atoms with Crippen molar-refractivity contribution in [1.82, 2.24) is 10.2 Å². The Bertz CT molecular complexity index is 172. The second kappa shape index (κ2) is 8.68. The number of rotatable bonds is 9. The monoisotopic (exact) mass is 216 g/mol. The minimum atomic E-state index is -0.712. The fourth-order valence-corrected chi connectivity index (χ4v) is 1.34. The highest BCUT2D eigenvalue weighted by molar-refractivity contribution is 5.66. The molecule has 1 unspecified atom stereocenters. The van der Waals surface area contributed by atoms with Crippen LogP contribution >= 0.6 is 0 Å². The smallest absolute Gasteiger partial charge is 0.303 e. The Morgan fingerprint density at radius 1 is 1.40 bits per heavy atom. The van der Waals surface area contributed by atoms with E-state index in [0.717, 1.165) is 19.5 Å². The van der Waals surface area contributed by atoms with Gasteiger partial charge >= 0.3 is 5.97 Å². The molecule has 0 aliphatic rings. The van der Waals surface area contributed by atoms with Crippen LogP contribution in [-0.4, -0.2) is 49.2 Å². The molecule has 0 spiro atoms. The largest absolute Gasteiger partial charge is 0.481 e. The molecule has 15 heavy (non-hydrogen) atoms. The predicted octanol–water partition coefficient (Wildman–Crippen LogP) is 1.17. The molecule has 0 aliphatic heterocycles. The van der Waals surface area contributed by atoms with Gasteiger partial charge in [0.1, 0.15) is 0 Å². The van der Waals surface area contributed by atoms with E-state index in [4.69, 9.17) is 5.11 Å². The Balaban J connectivity index is 3.23. The van der Waals surface area contributed by atoms with Crippen LogP contribution in [0.25, 0.3) is 0 Å². The quantitative estimate of drug-likeness (QED) is 0.568. The molecule has 0 rings (SSSR count). The zero-order valence-electron chi connectivity index (χ0n) is 10.1. The average Bonchev–Trinajstić information content (AvgIpc) is 2.13. The third kappa shape index (κ3) is 11.3. The van der Waals surface area contributed by atoms with E-state index in [1.165, 1.54) is 6.42 Å². The van der Waals surface area contributed by atoms with Crippen molar-refractivity contribution in [3.05, 3.63) is 0 Å². The molecule has 0 fully saturated rings. The summed E-state index contributed by atoms with van der Waals surface area (Å²) in [5, 5.41) is 11.8. The Morgan fingerprint density at radius 3 is 2.60 bits per heavy atom. The highest BCUT2D eigenvalue weighted by Crippen LogP contribution is 1.97. The lowest BCUT2D eigenvalue weighted by Gasteiger charge is -2.13. The summed E-state index contributed by atoms with van der Waals surface area (Å²) in [4.78, 5) is 12.5. The highest BCUT2D eigenvalue weighted by Gasteiger charge is 2.03. The summed E-state index contributed by atoms with van der Waals surface area (Å²) in [5.41, 5.74) is 0. The first-order valence-electron chi connectivity index (χ1n) is 5.62. The number of carbonyl (C=O) groups is 1. The minimum absolute atomic E-state index is 0.256. The first kappa shape index (κ1) is 14.4. The first-order valence-corrected chi connectivity index (χ1v) is 5.62. The standard InChI is InChI=1S/C11H24N2O2/c1-10(6-7-11(14)15)12-8-4-5-9-13(2)3/h10,12H,4-9H2,1-3H3,(H,14,15). The van der Waals surface area contributed by atoms with Crippen molar-refractivity contribution >= 4 is 5.97 Å². The predicted molar refractivity (Wildman–Crippen MR) is 62.1 cm³/mol. The van der Waals surface area contributed by atoms with Crippen LogP contribution in [0.2, 0.25) is 0 Å². The molecule has 0 saturated carbocycles. The molecular weight excluding hydrogens is 192 g/mol. The van der Waals surface area contributed by atoms with Crippen LogP contribution in [0, 0.1) is 0 Å². The van der Waals surface area contributed by atoms with Gasteiger partial charge in [0.05, 0.1) is 0 Å². The fraction of sp³-hybridized carbons (Fsp3) is 0.909. The molecular formula is C11H24N2O2. The Morgan fingerprint density at radius 2 is 2.07 bits per heavy atom. The first-order chi connectivity index (χ1) is 7.02. The van der Waals surface area contributed by atoms with Gasteiger partial charge in [-0.05, 0) is 53.4 Å². The van der Waals surface area contributed by atoms with E-state index in [-0.39, 0.29) is 6.42 Å². The maximum Gasteiger partial charge on any atom is 0.303 e. The van der Waals surface area contributed by atoms with Gasteiger partial charge in [-0.25, -0.2) is 0 Å². The molecule has 1 atom stereocenters. The molecule has 0 aromatic carbocycles. The summed E-state index contributed by atoms with van der Waals surface area (Å²) in [6.07, 6.45) is 3.30. The van der Waals surface area contributed by atoms with E-state index in [1.807, 2.05) is 6.92 Å². The molecule has 2 N–H and O–H groups in total. The molecule has 0 heterocycles. The van der Waals surface area contributed by atoms with Gasteiger partial charge in [-0.2, -0.15) is 0 Å². The second-order valence-corrected chi connectivity index (χ2v) is 4.30. The van der Waals surface area contributed by atoms with Gasteiger partial charge in [0.25, 0.3) is 0 Å². The van der Waals surface area contributed by atoms with E-state index in [9.17, 15) is 4.79 Å². The fourth-order valence-electron chi connectivity index (χ4n) is 1.34. The number of hydrogen-bond donors (Lipinski definition) is 2. The zero-order chi connectivity index (χ0) is 11.7. The lowest BCUT2D eigenvalue weighted by Crippen LogP contribution is -2.28. The Hall–Kier alpha value is -0.610. The van der Waals surface area contributed by atoms with E-state index in [1.54, 1.807) is 0 Å². The van der Waals surface area contributed by atoms with Crippen molar-refractivity contribution < 1.29 is 9.90 Å². The van der Waals surface area contributed by atoms with E-state index in [0.29, 0.717) is 12.5 Å². The number of nitrogens with one attached hydrogen (secondary N) is 1. The van der Waals surface area contributed by atoms with Crippen molar-refractivity contribution in [3.8, 4) is 0 Å². The van der Waals surface area contributed by atoms with Crippen LogP contribution in [0.15, 0.2) is 0 Å². The molecule has 0 amide bonds. The number of carboxylic acids is 1. The maximum atomic E-state index is 10.3. The van der Waals surface area contributed by atoms with Crippen molar-refractivity contribution in [2.75, 3.05) is 27.2 Å². The normalized spacial score (nSPS) is 13.1. The van der Waals surface area contributed by atoms with Gasteiger partial charge < -0.3 is 15.3 Å². The van der Waals surface area contributed by atoms with Gasteiger partial charge in [0.2, 0.25) is 0 Å². The molecule has 0 saturated heterocycles. The molecule has 4 nitrogen and oxygen atoms in total. The van der Waals surface area contributed by atoms with Crippen LogP contribution in [0.4, 0.5) is 0 Å². The van der Waals surface area contributed by atoms with Crippen LogP contribution in [0.5, 0.6) is 0 Å². The summed E-state index contributed by atoms with van der Waals surface area (Å²) in [6, 6.07) is 0.306. The van der Waals surface area contributed by atoms with Crippen molar-refractivity contribution in [2.45, 2.75) is 38.6 Å². The number of aliphatic carboxylic acids is 1. The summed E-state index contributed by atoms with van der Waals surface area (Å²) in [5.74, 6) is -0.712. The lowest BCUT2D eigenvalue weighted by molar-refractivity contribution is -0.137. The third-order valence-electron chi connectivity index (χ3n) is 2.32. The van der Waals surface area contributed by atoms with Crippen LogP contribution in [0.1, 0.15) is 32.6 Å². The number of hydrogen-bond acceptors (Lipinski definition) is 3. The highest BCUT2D eigenvalue weighted by atomic mass is 16.4. The minimum Gasteiger partial charge on any atom is -0.481 e. The van der Waals surface area contributed by atoms with Crippen LogP contribution in [-0.2, 0) is 4.79 Å². The summed E-state index contributed by atoms with van der Waals surface area (Å²) in [7, 11) is 4.14. The van der Waals surface area contributed by atoms with E-state index in [2.05, 4.69) is 24.3 Å². The van der Waals surface area contributed by atoms with Crippen molar-refractivity contribution in [1.29, 1.82) is 0 Å². The summed E-state index contributed by atoms with van der Waals surface area (Å²) >= 11 is 0. The van der Waals surface area contributed by atoms with Gasteiger partial charge in [0.15, 0.2) is 0 Å². The number of nitrogens with zero attached hydrogens (tertiary/aromatic N) is 1.